The number of nitrogens with one attached hydrogen (secondary N) is 2. The van der Waals surface area contributed by atoms with Gasteiger partial charge in [0.25, 0.3) is 0 Å². The number of aryl methyl sites for hydroxylation is 1. The van der Waals surface area contributed by atoms with Crippen molar-refractivity contribution >= 4 is 22.0 Å². The SMILES string of the molecule is Cc1ccc(S(=O)(=O)N[C@H](CNC(N)=O)C(=O)O)cc1. The lowest BCUT2D eigenvalue weighted by Crippen LogP contribution is -2.49. The molecule has 1 aromatic rings. The van der Waals surface area contributed by atoms with Crippen LogP contribution in [-0.2, 0) is 14.8 Å². The van der Waals surface area contributed by atoms with E-state index >= 15 is 0 Å². The van der Waals surface area contributed by atoms with Gasteiger partial charge in [0.2, 0.25) is 10.0 Å². The molecule has 0 aliphatic heterocycles. The van der Waals surface area contributed by atoms with Gasteiger partial charge in [-0.2, -0.15) is 4.72 Å². The summed E-state index contributed by atoms with van der Waals surface area (Å²) in [5, 5.41) is 11.0. The van der Waals surface area contributed by atoms with Crippen molar-refractivity contribution in [3.05, 3.63) is 29.8 Å². The van der Waals surface area contributed by atoms with Crippen LogP contribution < -0.4 is 15.8 Å². The van der Waals surface area contributed by atoms with Crippen molar-refractivity contribution in [3.8, 4) is 0 Å². The zero-order valence-electron chi connectivity index (χ0n) is 10.7. The first kappa shape index (κ1) is 15.9. The van der Waals surface area contributed by atoms with Gasteiger partial charge in [0.1, 0.15) is 6.04 Å². The molecule has 1 rings (SSSR count). The average molecular weight is 301 g/mol. The molecule has 0 aliphatic carbocycles. The second kappa shape index (κ2) is 6.35. The zero-order chi connectivity index (χ0) is 15.3. The van der Waals surface area contributed by atoms with E-state index in [-0.39, 0.29) is 4.90 Å². The predicted molar refractivity (Wildman–Crippen MR) is 70.5 cm³/mol. The van der Waals surface area contributed by atoms with Crippen LogP contribution in [-0.4, -0.2) is 38.1 Å². The molecular formula is C11H15N3O5S. The molecule has 0 fully saturated rings. The second-order valence-corrected chi connectivity index (χ2v) is 5.78. The van der Waals surface area contributed by atoms with E-state index in [2.05, 4.69) is 0 Å². The highest BCUT2D eigenvalue weighted by Crippen LogP contribution is 2.10. The fourth-order valence-corrected chi connectivity index (χ4v) is 2.54. The fourth-order valence-electron chi connectivity index (χ4n) is 1.35. The lowest BCUT2D eigenvalue weighted by molar-refractivity contribution is -0.138. The van der Waals surface area contributed by atoms with Gasteiger partial charge in [-0.05, 0) is 19.1 Å². The minimum absolute atomic E-state index is 0.0616. The van der Waals surface area contributed by atoms with E-state index in [9.17, 15) is 18.0 Å². The van der Waals surface area contributed by atoms with Crippen molar-refractivity contribution in [2.24, 2.45) is 5.73 Å². The zero-order valence-corrected chi connectivity index (χ0v) is 11.5. The molecule has 1 atom stereocenters. The Hall–Kier alpha value is -2.13. The monoisotopic (exact) mass is 301 g/mol. The van der Waals surface area contributed by atoms with Gasteiger partial charge < -0.3 is 16.2 Å². The Morgan fingerprint density at radius 1 is 1.30 bits per heavy atom. The maximum absolute atomic E-state index is 12.0. The molecule has 1 aromatic carbocycles. The molecule has 110 valence electrons. The molecule has 0 aliphatic rings. The van der Waals surface area contributed by atoms with Crippen LogP contribution in [0.3, 0.4) is 0 Å². The van der Waals surface area contributed by atoms with Crippen LogP contribution in [0.4, 0.5) is 4.79 Å². The fraction of sp³-hybridized carbons (Fsp3) is 0.273. The summed E-state index contributed by atoms with van der Waals surface area (Å²) in [6, 6.07) is 3.45. The molecule has 2 amide bonds. The highest BCUT2D eigenvalue weighted by Gasteiger charge is 2.25. The average Bonchev–Trinajstić information content (AvgIpc) is 2.34. The Bertz CT molecular complexity index is 597. The number of aliphatic carboxylic acids is 1. The summed E-state index contributed by atoms with van der Waals surface area (Å²) in [5.41, 5.74) is 5.68. The van der Waals surface area contributed by atoms with Crippen LogP contribution in [0.5, 0.6) is 0 Å². The van der Waals surface area contributed by atoms with Gasteiger partial charge in [-0.25, -0.2) is 13.2 Å². The van der Waals surface area contributed by atoms with Crippen LogP contribution in [0.2, 0.25) is 0 Å². The molecule has 20 heavy (non-hydrogen) atoms. The molecule has 0 aromatic heterocycles. The van der Waals surface area contributed by atoms with E-state index in [0.29, 0.717) is 0 Å². The summed E-state index contributed by atoms with van der Waals surface area (Å²) < 4.78 is 26.0. The number of hydrogen-bond donors (Lipinski definition) is 4. The van der Waals surface area contributed by atoms with Crippen molar-refractivity contribution in [1.82, 2.24) is 10.0 Å². The van der Waals surface area contributed by atoms with Crippen LogP contribution in [0.25, 0.3) is 0 Å². The van der Waals surface area contributed by atoms with E-state index < -0.39 is 34.6 Å². The molecule has 0 saturated carbocycles. The first-order valence-corrected chi connectivity index (χ1v) is 7.06. The van der Waals surface area contributed by atoms with Crippen LogP contribution in [0.1, 0.15) is 5.56 Å². The number of carbonyl (C=O) groups excluding carboxylic acids is 1. The highest BCUT2D eigenvalue weighted by molar-refractivity contribution is 7.89. The standard InChI is InChI=1S/C11H15N3O5S/c1-7-2-4-8(5-3-7)20(18,19)14-9(10(15)16)6-13-11(12)17/h2-5,9,14H,6H2,1H3,(H,15,16)(H3,12,13,17)/t9-/m1/s1. The van der Waals surface area contributed by atoms with Crippen LogP contribution in [0, 0.1) is 6.92 Å². The minimum Gasteiger partial charge on any atom is -0.480 e. The van der Waals surface area contributed by atoms with E-state index in [1.54, 1.807) is 19.1 Å². The Labute approximate surface area is 116 Å². The summed E-state index contributed by atoms with van der Waals surface area (Å²) in [6.45, 7) is 1.34. The van der Waals surface area contributed by atoms with Crippen molar-refractivity contribution < 1.29 is 23.1 Å². The van der Waals surface area contributed by atoms with Crippen LogP contribution >= 0.6 is 0 Å². The third-order valence-corrected chi connectivity index (χ3v) is 3.89. The Kier molecular flexibility index (Phi) is 5.06. The summed E-state index contributed by atoms with van der Waals surface area (Å²) in [7, 11) is -3.99. The van der Waals surface area contributed by atoms with Crippen molar-refractivity contribution in [2.75, 3.05) is 6.54 Å². The van der Waals surface area contributed by atoms with Gasteiger partial charge in [-0.15, -0.1) is 0 Å². The number of carboxylic acids is 1. The smallest absolute Gasteiger partial charge is 0.323 e. The second-order valence-electron chi connectivity index (χ2n) is 4.07. The van der Waals surface area contributed by atoms with Gasteiger partial charge in [0.05, 0.1) is 4.90 Å². The quantitative estimate of drug-likeness (QED) is 0.555. The molecule has 5 N–H and O–H groups in total. The molecule has 9 heteroatoms. The molecule has 0 bridgehead atoms. The molecule has 0 heterocycles. The number of sulfonamides is 1. The summed E-state index contributed by atoms with van der Waals surface area (Å²) >= 11 is 0. The summed E-state index contributed by atoms with van der Waals surface area (Å²) in [6.07, 6.45) is 0. The predicted octanol–water partition coefficient (Wildman–Crippen LogP) is -0.605. The maximum atomic E-state index is 12.0. The van der Waals surface area contributed by atoms with Crippen molar-refractivity contribution in [1.29, 1.82) is 0 Å². The third-order valence-electron chi connectivity index (χ3n) is 2.41. The normalized spacial score (nSPS) is 12.7. The van der Waals surface area contributed by atoms with E-state index in [1.807, 2.05) is 10.0 Å². The van der Waals surface area contributed by atoms with Gasteiger partial charge >= 0.3 is 12.0 Å². The van der Waals surface area contributed by atoms with Crippen molar-refractivity contribution in [2.45, 2.75) is 17.9 Å². The Morgan fingerprint density at radius 2 is 1.85 bits per heavy atom. The van der Waals surface area contributed by atoms with Gasteiger partial charge in [0, 0.05) is 6.54 Å². The number of hydrogen-bond acceptors (Lipinski definition) is 4. The Balaban J connectivity index is 2.88. The first-order valence-electron chi connectivity index (χ1n) is 5.57. The maximum Gasteiger partial charge on any atom is 0.323 e. The van der Waals surface area contributed by atoms with E-state index in [0.717, 1.165) is 5.56 Å². The number of amides is 2. The summed E-state index contributed by atoms with van der Waals surface area (Å²) in [4.78, 5) is 21.4. The molecule has 8 nitrogen and oxygen atoms in total. The number of rotatable bonds is 6. The first-order chi connectivity index (χ1) is 9.22. The van der Waals surface area contributed by atoms with Gasteiger partial charge in [-0.3, -0.25) is 4.79 Å². The van der Waals surface area contributed by atoms with Gasteiger partial charge in [0.15, 0.2) is 0 Å². The minimum atomic E-state index is -3.99. The number of urea groups is 1. The molecule has 0 spiro atoms. The van der Waals surface area contributed by atoms with Crippen molar-refractivity contribution in [3.63, 3.8) is 0 Å². The lowest BCUT2D eigenvalue weighted by atomic mass is 10.2. The van der Waals surface area contributed by atoms with E-state index in [1.165, 1.54) is 12.1 Å². The molecule has 0 radical (unpaired) electrons. The molecular weight excluding hydrogens is 286 g/mol. The number of benzene rings is 1. The molecule has 0 saturated heterocycles. The number of nitrogens with two attached hydrogens (primary N) is 1. The van der Waals surface area contributed by atoms with E-state index in [4.69, 9.17) is 10.8 Å². The number of carbonyl (C=O) groups is 2. The number of primary amides is 1. The van der Waals surface area contributed by atoms with Crippen LogP contribution in [0.15, 0.2) is 29.2 Å². The molecule has 0 unspecified atom stereocenters. The lowest BCUT2D eigenvalue weighted by Gasteiger charge is -2.15. The largest absolute Gasteiger partial charge is 0.480 e. The number of carboxylic acid groups (broad SMARTS) is 1. The highest BCUT2D eigenvalue weighted by atomic mass is 32.2. The summed E-state index contributed by atoms with van der Waals surface area (Å²) in [5.74, 6) is -1.42. The topological polar surface area (TPSA) is 139 Å². The Morgan fingerprint density at radius 3 is 2.30 bits per heavy atom. The van der Waals surface area contributed by atoms with Gasteiger partial charge in [-0.1, -0.05) is 17.7 Å². The third kappa shape index (κ3) is 4.52.